The highest BCUT2D eigenvalue weighted by atomic mass is 32.2. The Bertz CT molecular complexity index is 1120. The summed E-state index contributed by atoms with van der Waals surface area (Å²) < 4.78 is 12.3. The van der Waals surface area contributed by atoms with E-state index in [1.807, 2.05) is 12.1 Å². The Hall–Kier alpha value is -3.86. The van der Waals surface area contributed by atoms with Crippen LogP contribution in [-0.4, -0.2) is 42.7 Å². The molecule has 1 N–H and O–H groups in total. The van der Waals surface area contributed by atoms with Gasteiger partial charge >= 0.3 is 0 Å². The molecule has 2 amide bonds. The molecule has 4 aromatic rings. The quantitative estimate of drug-likeness (QED) is 0.385. The van der Waals surface area contributed by atoms with Crippen LogP contribution in [0.15, 0.2) is 75.0 Å². The number of aromatic nitrogens is 4. The molecule has 0 fully saturated rings. The van der Waals surface area contributed by atoms with E-state index in [-0.39, 0.29) is 17.6 Å². The highest BCUT2D eigenvalue weighted by Gasteiger charge is 2.19. The molecule has 0 atom stereocenters. The molecule has 0 aliphatic carbocycles. The van der Waals surface area contributed by atoms with Crippen molar-refractivity contribution in [3.05, 3.63) is 78.1 Å². The Labute approximate surface area is 187 Å². The second-order valence-electron chi connectivity index (χ2n) is 6.82. The van der Waals surface area contributed by atoms with Crippen LogP contribution in [0.1, 0.15) is 21.9 Å². The summed E-state index contributed by atoms with van der Waals surface area (Å²) in [6.45, 7) is 0.609. The van der Waals surface area contributed by atoms with Crippen molar-refractivity contribution in [2.45, 2.75) is 18.2 Å². The number of furan rings is 2. The number of nitrogens with zero attached hydrogens (tertiary/aromatic N) is 5. The molecular formula is C21H20N6O4S. The van der Waals surface area contributed by atoms with Gasteiger partial charge in [0.25, 0.3) is 5.91 Å². The molecule has 0 aliphatic rings. The molecule has 32 heavy (non-hydrogen) atoms. The van der Waals surface area contributed by atoms with E-state index >= 15 is 0 Å². The van der Waals surface area contributed by atoms with Crippen LogP contribution in [0.3, 0.4) is 0 Å². The van der Waals surface area contributed by atoms with Crippen LogP contribution in [-0.2, 0) is 24.9 Å². The van der Waals surface area contributed by atoms with Crippen LogP contribution >= 0.6 is 11.8 Å². The van der Waals surface area contributed by atoms with Gasteiger partial charge in [-0.2, -0.15) is 0 Å². The van der Waals surface area contributed by atoms with Crippen LogP contribution in [0.2, 0.25) is 0 Å². The number of benzene rings is 1. The fraction of sp³-hybridized carbons (Fsp3) is 0.190. The van der Waals surface area contributed by atoms with Crippen LogP contribution in [0.4, 0.5) is 5.69 Å². The third-order valence-electron chi connectivity index (χ3n) is 4.47. The molecule has 164 valence electrons. The van der Waals surface area contributed by atoms with Crippen molar-refractivity contribution < 1.29 is 18.4 Å². The van der Waals surface area contributed by atoms with E-state index in [1.54, 1.807) is 60.9 Å². The van der Waals surface area contributed by atoms with Gasteiger partial charge in [0.15, 0.2) is 0 Å². The van der Waals surface area contributed by atoms with Gasteiger partial charge in [0.2, 0.25) is 11.1 Å². The second-order valence-corrected chi connectivity index (χ2v) is 7.76. The molecular weight excluding hydrogens is 432 g/mol. The summed E-state index contributed by atoms with van der Waals surface area (Å²) in [5.41, 5.74) is 1.08. The number of carbonyl (C=O) groups excluding carboxylic acids is 2. The van der Waals surface area contributed by atoms with Crippen molar-refractivity contribution in [1.29, 1.82) is 0 Å². The van der Waals surface area contributed by atoms with Crippen molar-refractivity contribution in [2.24, 2.45) is 7.05 Å². The van der Waals surface area contributed by atoms with Crippen molar-refractivity contribution in [1.82, 2.24) is 25.1 Å². The average molecular weight is 452 g/mol. The first-order chi connectivity index (χ1) is 15.6. The molecule has 0 unspecified atom stereocenters. The molecule has 3 heterocycles. The highest BCUT2D eigenvalue weighted by molar-refractivity contribution is 7.99. The van der Waals surface area contributed by atoms with Gasteiger partial charge < -0.3 is 19.1 Å². The minimum atomic E-state index is -0.200. The zero-order valence-corrected chi connectivity index (χ0v) is 18.0. The Morgan fingerprint density at radius 2 is 1.69 bits per heavy atom. The van der Waals surface area contributed by atoms with Gasteiger partial charge in [-0.1, -0.05) is 11.8 Å². The number of amides is 2. The monoisotopic (exact) mass is 452 g/mol. The number of aryl methyl sites for hydroxylation is 1. The largest absolute Gasteiger partial charge is 0.467 e. The zero-order chi connectivity index (χ0) is 22.3. The Balaban J connectivity index is 1.38. The lowest BCUT2D eigenvalue weighted by molar-refractivity contribution is -0.113. The fourth-order valence-corrected chi connectivity index (χ4v) is 3.58. The van der Waals surface area contributed by atoms with Gasteiger partial charge in [-0.15, -0.1) is 5.10 Å². The van der Waals surface area contributed by atoms with Gasteiger partial charge in [-0.05, 0) is 59.0 Å². The second kappa shape index (κ2) is 9.96. The molecule has 4 rings (SSSR count). The van der Waals surface area contributed by atoms with Gasteiger partial charge in [-0.25, -0.2) is 4.68 Å². The Morgan fingerprint density at radius 3 is 2.22 bits per heavy atom. The fourth-order valence-electron chi connectivity index (χ4n) is 2.93. The van der Waals surface area contributed by atoms with E-state index in [0.717, 1.165) is 0 Å². The van der Waals surface area contributed by atoms with Gasteiger partial charge in [0, 0.05) is 18.3 Å². The lowest BCUT2D eigenvalue weighted by Crippen LogP contribution is -2.29. The molecule has 3 aromatic heterocycles. The maximum absolute atomic E-state index is 13.1. The van der Waals surface area contributed by atoms with Crippen LogP contribution < -0.4 is 5.32 Å². The van der Waals surface area contributed by atoms with E-state index < -0.39 is 0 Å². The Kier molecular flexibility index (Phi) is 6.66. The normalized spacial score (nSPS) is 10.8. The first-order valence-corrected chi connectivity index (χ1v) is 10.7. The third-order valence-corrected chi connectivity index (χ3v) is 5.48. The predicted molar refractivity (Wildman–Crippen MR) is 116 cm³/mol. The van der Waals surface area contributed by atoms with Gasteiger partial charge in [0.1, 0.15) is 11.5 Å². The molecule has 0 radical (unpaired) electrons. The number of thioether (sulfide) groups is 1. The minimum absolute atomic E-state index is 0.162. The summed E-state index contributed by atoms with van der Waals surface area (Å²) in [5, 5.41) is 14.4. The van der Waals surface area contributed by atoms with Crippen LogP contribution in [0.5, 0.6) is 0 Å². The van der Waals surface area contributed by atoms with Crippen LogP contribution in [0.25, 0.3) is 0 Å². The summed E-state index contributed by atoms with van der Waals surface area (Å²) in [7, 11) is 1.71. The number of tetrazole rings is 1. The number of rotatable bonds is 9. The number of hydrogen-bond acceptors (Lipinski definition) is 8. The van der Waals surface area contributed by atoms with E-state index in [4.69, 9.17) is 8.83 Å². The molecule has 0 saturated carbocycles. The van der Waals surface area contributed by atoms with Gasteiger partial charge in [0.05, 0.1) is 31.4 Å². The van der Waals surface area contributed by atoms with E-state index in [2.05, 4.69) is 20.8 Å². The maximum atomic E-state index is 13.1. The Morgan fingerprint density at radius 1 is 1.03 bits per heavy atom. The SMILES string of the molecule is Cn1nnnc1SCC(=O)Nc1ccc(C(=O)N(Cc2ccco2)Cc2ccco2)cc1. The van der Waals surface area contributed by atoms with Crippen molar-refractivity contribution >= 4 is 29.3 Å². The van der Waals surface area contributed by atoms with Crippen LogP contribution in [0, 0.1) is 0 Å². The van der Waals surface area contributed by atoms with Gasteiger partial charge in [-0.3, -0.25) is 9.59 Å². The van der Waals surface area contributed by atoms with Crippen molar-refractivity contribution in [3.8, 4) is 0 Å². The maximum Gasteiger partial charge on any atom is 0.254 e. The third kappa shape index (κ3) is 5.43. The zero-order valence-electron chi connectivity index (χ0n) is 17.2. The first kappa shape index (κ1) is 21.4. The molecule has 0 spiro atoms. The molecule has 0 saturated heterocycles. The number of nitrogens with one attached hydrogen (secondary N) is 1. The lowest BCUT2D eigenvalue weighted by Gasteiger charge is -2.21. The summed E-state index contributed by atoms with van der Waals surface area (Å²) in [6, 6.07) is 13.9. The molecule has 1 aromatic carbocycles. The summed E-state index contributed by atoms with van der Waals surface area (Å²) in [5.74, 6) is 1.12. The first-order valence-electron chi connectivity index (χ1n) is 9.67. The standard InChI is InChI=1S/C21H20N6O4S/c1-26-21(23-24-25-26)32-14-19(28)22-16-8-6-15(7-9-16)20(29)27(12-17-4-2-10-30-17)13-18-5-3-11-31-18/h2-11H,12-14H2,1H3,(H,22,28). The van der Waals surface area contributed by atoms with E-state index in [9.17, 15) is 9.59 Å². The van der Waals surface area contributed by atoms with Crippen molar-refractivity contribution in [3.63, 3.8) is 0 Å². The number of hydrogen-bond donors (Lipinski definition) is 1. The highest BCUT2D eigenvalue weighted by Crippen LogP contribution is 2.18. The topological polar surface area (TPSA) is 119 Å². The number of carbonyl (C=O) groups is 2. The smallest absolute Gasteiger partial charge is 0.254 e. The summed E-state index contributed by atoms with van der Waals surface area (Å²) in [6.07, 6.45) is 3.14. The number of anilines is 1. The summed E-state index contributed by atoms with van der Waals surface area (Å²) in [4.78, 5) is 27.0. The minimum Gasteiger partial charge on any atom is -0.467 e. The molecule has 0 bridgehead atoms. The predicted octanol–water partition coefficient (Wildman–Crippen LogP) is 2.97. The van der Waals surface area contributed by atoms with Crippen molar-refractivity contribution in [2.75, 3.05) is 11.1 Å². The molecule has 11 heteroatoms. The lowest BCUT2D eigenvalue weighted by atomic mass is 10.1. The average Bonchev–Trinajstić information content (AvgIpc) is 3.56. The van der Waals surface area contributed by atoms with E-state index in [1.165, 1.54) is 16.4 Å². The van der Waals surface area contributed by atoms with E-state index in [0.29, 0.717) is 41.0 Å². The molecule has 0 aliphatic heterocycles. The summed E-state index contributed by atoms with van der Waals surface area (Å²) >= 11 is 1.23. The molecule has 10 nitrogen and oxygen atoms in total.